The van der Waals surface area contributed by atoms with Crippen molar-refractivity contribution >= 4 is 11.7 Å². The standard InChI is InChI=1S/C15H21N3O/c1-10-2-4-12(5-3-10)17-15(19)18-13-6-7-14(18)9-11(16)8-13/h2-5,11,13-14H,6-9,16H2,1H3,(H,17,19). The molecule has 3 rings (SSSR count). The van der Waals surface area contributed by atoms with Crippen molar-refractivity contribution in [2.24, 2.45) is 5.73 Å². The third-order valence-corrected chi connectivity index (χ3v) is 4.31. The number of rotatable bonds is 1. The Balaban J connectivity index is 1.69. The lowest BCUT2D eigenvalue weighted by Gasteiger charge is -2.37. The zero-order valence-corrected chi connectivity index (χ0v) is 11.3. The van der Waals surface area contributed by atoms with Crippen LogP contribution in [0.4, 0.5) is 10.5 Å². The highest BCUT2D eigenvalue weighted by Crippen LogP contribution is 2.35. The number of hydrogen-bond acceptors (Lipinski definition) is 2. The van der Waals surface area contributed by atoms with Crippen LogP contribution in [-0.2, 0) is 0 Å². The average Bonchev–Trinajstić information content (AvgIpc) is 2.65. The lowest BCUT2D eigenvalue weighted by atomic mass is 9.99. The van der Waals surface area contributed by atoms with Crippen molar-refractivity contribution in [1.29, 1.82) is 0 Å². The second-order valence-corrected chi connectivity index (χ2v) is 5.82. The summed E-state index contributed by atoms with van der Waals surface area (Å²) in [6.07, 6.45) is 4.08. The van der Waals surface area contributed by atoms with Gasteiger partial charge in [-0.15, -0.1) is 0 Å². The molecule has 0 aromatic heterocycles. The van der Waals surface area contributed by atoms with E-state index in [9.17, 15) is 4.79 Å². The summed E-state index contributed by atoms with van der Waals surface area (Å²) < 4.78 is 0. The summed E-state index contributed by atoms with van der Waals surface area (Å²) in [5.74, 6) is 0. The second-order valence-electron chi connectivity index (χ2n) is 5.82. The van der Waals surface area contributed by atoms with Crippen LogP contribution in [0, 0.1) is 6.92 Å². The normalized spacial score (nSPS) is 29.4. The quantitative estimate of drug-likeness (QED) is 0.814. The number of nitrogens with two attached hydrogens (primary N) is 1. The maximum atomic E-state index is 12.4. The topological polar surface area (TPSA) is 58.4 Å². The van der Waals surface area contributed by atoms with Crippen LogP contribution >= 0.6 is 0 Å². The molecule has 0 spiro atoms. The summed E-state index contributed by atoms with van der Waals surface area (Å²) in [6.45, 7) is 2.04. The van der Waals surface area contributed by atoms with E-state index in [1.165, 1.54) is 5.56 Å². The Labute approximate surface area is 114 Å². The van der Waals surface area contributed by atoms with E-state index in [4.69, 9.17) is 5.73 Å². The summed E-state index contributed by atoms with van der Waals surface area (Å²) in [5, 5.41) is 3.00. The van der Waals surface area contributed by atoms with Gasteiger partial charge in [-0.2, -0.15) is 0 Å². The van der Waals surface area contributed by atoms with E-state index in [0.717, 1.165) is 31.4 Å². The van der Waals surface area contributed by atoms with Crippen LogP contribution < -0.4 is 11.1 Å². The van der Waals surface area contributed by atoms with Gasteiger partial charge in [-0.3, -0.25) is 0 Å². The lowest BCUT2D eigenvalue weighted by molar-refractivity contribution is 0.150. The number of nitrogens with one attached hydrogen (secondary N) is 1. The summed E-state index contributed by atoms with van der Waals surface area (Å²) in [6, 6.07) is 8.88. The number of benzene rings is 1. The third kappa shape index (κ3) is 2.45. The molecular weight excluding hydrogens is 238 g/mol. The molecule has 3 N–H and O–H groups in total. The van der Waals surface area contributed by atoms with Crippen molar-refractivity contribution < 1.29 is 4.79 Å². The lowest BCUT2D eigenvalue weighted by Crippen LogP contribution is -2.51. The molecule has 0 aliphatic carbocycles. The van der Waals surface area contributed by atoms with Crippen molar-refractivity contribution in [3.05, 3.63) is 29.8 Å². The van der Waals surface area contributed by atoms with E-state index in [1.54, 1.807) is 0 Å². The molecule has 19 heavy (non-hydrogen) atoms. The summed E-state index contributed by atoms with van der Waals surface area (Å²) in [4.78, 5) is 14.4. The first-order chi connectivity index (χ1) is 9.13. The van der Waals surface area contributed by atoms with E-state index in [0.29, 0.717) is 12.1 Å². The number of urea groups is 1. The molecule has 4 nitrogen and oxygen atoms in total. The van der Waals surface area contributed by atoms with Gasteiger partial charge < -0.3 is 16.0 Å². The van der Waals surface area contributed by atoms with Crippen molar-refractivity contribution in [3.8, 4) is 0 Å². The maximum Gasteiger partial charge on any atom is 0.322 e. The van der Waals surface area contributed by atoms with E-state index in [-0.39, 0.29) is 12.1 Å². The first-order valence-electron chi connectivity index (χ1n) is 7.05. The number of amides is 2. The first-order valence-corrected chi connectivity index (χ1v) is 7.05. The molecule has 2 aliphatic heterocycles. The van der Waals surface area contributed by atoms with Crippen LogP contribution in [0.3, 0.4) is 0 Å². The number of nitrogens with zero attached hydrogens (tertiary/aromatic N) is 1. The van der Waals surface area contributed by atoms with Gasteiger partial charge in [0.1, 0.15) is 0 Å². The monoisotopic (exact) mass is 259 g/mol. The van der Waals surface area contributed by atoms with Gasteiger partial charge in [-0.05, 0) is 44.7 Å². The minimum Gasteiger partial charge on any atom is -0.328 e. The van der Waals surface area contributed by atoms with Crippen LogP contribution in [0.1, 0.15) is 31.2 Å². The van der Waals surface area contributed by atoms with Gasteiger partial charge in [-0.1, -0.05) is 17.7 Å². The van der Waals surface area contributed by atoms with Crippen molar-refractivity contribution in [2.45, 2.75) is 50.7 Å². The number of anilines is 1. The highest BCUT2D eigenvalue weighted by molar-refractivity contribution is 5.90. The Bertz CT molecular complexity index is 457. The predicted molar refractivity (Wildman–Crippen MR) is 76.1 cm³/mol. The van der Waals surface area contributed by atoms with Gasteiger partial charge in [0.2, 0.25) is 0 Å². The van der Waals surface area contributed by atoms with Gasteiger partial charge in [0.25, 0.3) is 0 Å². The Kier molecular flexibility index (Phi) is 3.19. The van der Waals surface area contributed by atoms with Crippen molar-refractivity contribution in [2.75, 3.05) is 5.32 Å². The number of hydrogen-bond donors (Lipinski definition) is 2. The molecule has 2 atom stereocenters. The van der Waals surface area contributed by atoms with Gasteiger partial charge in [0.05, 0.1) is 0 Å². The van der Waals surface area contributed by atoms with Gasteiger partial charge in [0.15, 0.2) is 0 Å². The van der Waals surface area contributed by atoms with E-state index in [1.807, 2.05) is 36.1 Å². The Hall–Kier alpha value is -1.55. The van der Waals surface area contributed by atoms with Crippen molar-refractivity contribution in [3.63, 3.8) is 0 Å². The van der Waals surface area contributed by atoms with Crippen LogP contribution in [0.5, 0.6) is 0 Å². The summed E-state index contributed by atoms with van der Waals surface area (Å²) >= 11 is 0. The van der Waals surface area contributed by atoms with E-state index >= 15 is 0 Å². The number of piperidine rings is 1. The number of aryl methyl sites for hydroxylation is 1. The highest BCUT2D eigenvalue weighted by Gasteiger charge is 2.42. The van der Waals surface area contributed by atoms with Crippen LogP contribution in [0.2, 0.25) is 0 Å². The Morgan fingerprint density at radius 2 is 1.79 bits per heavy atom. The zero-order chi connectivity index (χ0) is 13.4. The molecule has 1 aromatic rings. The minimum atomic E-state index is 0.0308. The van der Waals surface area contributed by atoms with Crippen LogP contribution in [0.25, 0.3) is 0 Å². The van der Waals surface area contributed by atoms with Crippen LogP contribution in [-0.4, -0.2) is 29.1 Å². The number of carbonyl (C=O) groups is 1. The Morgan fingerprint density at radius 3 is 2.37 bits per heavy atom. The maximum absolute atomic E-state index is 12.4. The molecule has 102 valence electrons. The van der Waals surface area contributed by atoms with E-state index in [2.05, 4.69) is 5.32 Å². The molecular formula is C15H21N3O. The molecule has 2 unspecified atom stereocenters. The molecule has 2 fully saturated rings. The number of carbonyl (C=O) groups excluding carboxylic acids is 1. The molecule has 2 saturated heterocycles. The summed E-state index contributed by atoms with van der Waals surface area (Å²) in [5.41, 5.74) is 8.09. The third-order valence-electron chi connectivity index (χ3n) is 4.31. The second kappa shape index (κ2) is 4.85. The SMILES string of the molecule is Cc1ccc(NC(=O)N2C3CCC2CC(N)C3)cc1. The van der Waals surface area contributed by atoms with Crippen LogP contribution in [0.15, 0.2) is 24.3 Å². The average molecular weight is 259 g/mol. The predicted octanol–water partition coefficient (Wildman–Crippen LogP) is 2.48. The largest absolute Gasteiger partial charge is 0.328 e. The highest BCUT2D eigenvalue weighted by atomic mass is 16.2. The molecule has 0 saturated carbocycles. The fourth-order valence-electron chi connectivity index (χ4n) is 3.38. The van der Waals surface area contributed by atoms with Gasteiger partial charge in [-0.25, -0.2) is 4.79 Å². The fraction of sp³-hybridized carbons (Fsp3) is 0.533. The van der Waals surface area contributed by atoms with Gasteiger partial charge >= 0.3 is 6.03 Å². The molecule has 2 amide bonds. The molecule has 2 bridgehead atoms. The molecule has 0 radical (unpaired) electrons. The number of fused-ring (bicyclic) bond motifs is 2. The molecule has 1 aromatic carbocycles. The fourth-order valence-corrected chi connectivity index (χ4v) is 3.38. The minimum absolute atomic E-state index is 0.0308. The molecule has 2 heterocycles. The molecule has 4 heteroatoms. The zero-order valence-electron chi connectivity index (χ0n) is 11.3. The Morgan fingerprint density at radius 1 is 1.21 bits per heavy atom. The summed E-state index contributed by atoms with van der Waals surface area (Å²) in [7, 11) is 0. The smallest absolute Gasteiger partial charge is 0.322 e. The molecule has 2 aliphatic rings. The van der Waals surface area contributed by atoms with Gasteiger partial charge in [0, 0.05) is 23.8 Å². The van der Waals surface area contributed by atoms with E-state index < -0.39 is 0 Å². The van der Waals surface area contributed by atoms with Crippen molar-refractivity contribution in [1.82, 2.24) is 4.90 Å². The first kappa shape index (κ1) is 12.5.